The van der Waals surface area contributed by atoms with Gasteiger partial charge in [0, 0.05) is 24.9 Å². The first-order valence-electron chi connectivity index (χ1n) is 47.8. The SMILES string of the molecule is CC.CC.CCC1CCC(C(O)CCSOOc2ccccc2)O1.CCCCCCCCCCCC[C@@H](O)[C@H]1CC[C@H](CO)O1.CC[C@H]1CC[C@H](C(O)CO)O1.CC[C@H]1CC[C@H]([C@@H](C)O)O1.CC[C@H]1CC[C@H]([C@H]2CO2)O1.CC[C@H]1CC[C@H]([C@H]2CO2)O1.CO.C[C@@H](O)[C@H]1CC[C@H](CO)O1.OC[C@H]1CC[C@H]([C@@H](O)CO)O1.[B]N=POCC(O)C1CCC(CC)O1. The van der Waals surface area contributed by atoms with Crippen molar-refractivity contribution >= 4 is 28.6 Å². The second kappa shape index (κ2) is 77.0. The van der Waals surface area contributed by atoms with E-state index in [2.05, 4.69) is 53.1 Å². The van der Waals surface area contributed by atoms with Gasteiger partial charge in [0.25, 0.3) is 7.98 Å². The largest absolute Gasteiger partial charge is 0.400 e. The number of benzene rings is 1. The van der Waals surface area contributed by atoms with Crippen molar-refractivity contribution in [3.8, 4) is 5.75 Å². The molecule has 0 bridgehead atoms. The summed E-state index contributed by atoms with van der Waals surface area (Å²) in [6.07, 6.45) is 38.8. The summed E-state index contributed by atoms with van der Waals surface area (Å²) in [7, 11) is 6.23. The van der Waals surface area contributed by atoms with Gasteiger partial charge in [0.2, 0.25) is 0 Å². The van der Waals surface area contributed by atoms with Crippen LogP contribution in [0.5, 0.6) is 5.75 Å². The molecular formula is C92H177BNO27PS. The maximum atomic E-state index is 10.1. The Morgan fingerprint density at radius 1 is 0.382 bits per heavy atom. The topological polar surface area (TPSA) is 411 Å². The summed E-state index contributed by atoms with van der Waals surface area (Å²) in [6.45, 7) is 28.3. The number of hydrogen-bond donors (Lipinski definition) is 13. The number of rotatable bonds is 40. The van der Waals surface area contributed by atoms with Gasteiger partial charge in [-0.15, -0.1) is 4.33 Å². The van der Waals surface area contributed by atoms with E-state index in [-0.39, 0.29) is 113 Å². The Morgan fingerprint density at radius 3 is 0.992 bits per heavy atom. The van der Waals surface area contributed by atoms with E-state index >= 15 is 0 Å². The molecule has 1 aromatic rings. The Bertz CT molecular complexity index is 2380. The second-order valence-electron chi connectivity index (χ2n) is 32.8. The molecule has 0 aromatic heterocycles. The van der Waals surface area contributed by atoms with Gasteiger partial charge in [-0.2, -0.15) is 0 Å². The molecule has 11 heterocycles. The summed E-state index contributed by atoms with van der Waals surface area (Å²) in [5.74, 6) is 1.34. The highest BCUT2D eigenvalue weighted by atomic mass is 32.2. The summed E-state index contributed by atoms with van der Waals surface area (Å²) in [6, 6.07) is 9.34. The summed E-state index contributed by atoms with van der Waals surface area (Å²) in [5, 5.41) is 117. The van der Waals surface area contributed by atoms with Crippen LogP contribution in [0.2, 0.25) is 0 Å². The lowest BCUT2D eigenvalue weighted by molar-refractivity contribution is -0.0783. The summed E-state index contributed by atoms with van der Waals surface area (Å²) >= 11 is 1.20. The highest BCUT2D eigenvalue weighted by molar-refractivity contribution is 7.94. The van der Waals surface area contributed by atoms with Gasteiger partial charge in [-0.05, 0) is 193 Å². The average molecular weight is 1800 g/mol. The molecule has 31 heteroatoms. The molecule has 0 aliphatic carbocycles. The Kier molecular flexibility index (Phi) is 74.8. The smallest absolute Gasteiger partial charge is 0.269 e. The minimum atomic E-state index is -0.799. The van der Waals surface area contributed by atoms with Crippen LogP contribution in [0.4, 0.5) is 0 Å². The van der Waals surface area contributed by atoms with Crippen molar-refractivity contribution in [2.24, 2.45) is 4.66 Å². The molecule has 123 heavy (non-hydrogen) atoms. The first-order valence-corrected chi connectivity index (χ1v) is 49.5. The molecule has 2 radical (unpaired) electrons. The van der Waals surface area contributed by atoms with Gasteiger partial charge in [0.1, 0.15) is 30.5 Å². The van der Waals surface area contributed by atoms with Crippen molar-refractivity contribution in [1.82, 2.24) is 0 Å². The third-order valence-electron chi connectivity index (χ3n) is 23.4. The Morgan fingerprint density at radius 2 is 0.683 bits per heavy atom. The van der Waals surface area contributed by atoms with Gasteiger partial charge in [-0.25, -0.2) is 0 Å². The fourth-order valence-electron chi connectivity index (χ4n) is 15.5. The van der Waals surface area contributed by atoms with E-state index in [1.807, 2.05) is 58.0 Å². The zero-order valence-electron chi connectivity index (χ0n) is 78.2. The van der Waals surface area contributed by atoms with Crippen LogP contribution in [0.25, 0.3) is 0 Å². The van der Waals surface area contributed by atoms with Crippen LogP contribution in [0.1, 0.15) is 321 Å². The second-order valence-corrected chi connectivity index (χ2v) is 34.3. The molecule has 1 aromatic carbocycles. The minimum absolute atomic E-state index is 0.00531. The van der Waals surface area contributed by atoms with Gasteiger partial charge in [0.05, 0.1) is 187 Å². The maximum Gasteiger partial charge on any atom is 0.269 e. The zero-order chi connectivity index (χ0) is 91.5. The van der Waals surface area contributed by atoms with E-state index in [0.717, 1.165) is 155 Å². The first kappa shape index (κ1) is 120. The van der Waals surface area contributed by atoms with Gasteiger partial charge >= 0.3 is 0 Å². The number of epoxide rings is 2. The van der Waals surface area contributed by atoms with Crippen LogP contribution in [-0.4, -0.2) is 305 Å². The average Bonchev–Trinajstić information content (AvgIpc) is 1.73. The third kappa shape index (κ3) is 54.3. The third-order valence-corrected chi connectivity index (χ3v) is 24.3. The molecule has 726 valence electrons. The summed E-state index contributed by atoms with van der Waals surface area (Å²) in [4.78, 5) is 5.10. The number of aliphatic hydroxyl groups is 13. The van der Waals surface area contributed by atoms with E-state index in [1.165, 1.54) is 95.5 Å². The summed E-state index contributed by atoms with van der Waals surface area (Å²) < 4.78 is 73.5. The van der Waals surface area contributed by atoms with Gasteiger partial charge in [0.15, 0.2) is 14.3 Å². The number of hydrogen-bond acceptors (Lipinski definition) is 29. The lowest BCUT2D eigenvalue weighted by atomic mass is 10.0. The lowest BCUT2D eigenvalue weighted by Gasteiger charge is -2.18. The van der Waals surface area contributed by atoms with E-state index in [9.17, 15) is 20.4 Å². The number of aliphatic hydroxyl groups excluding tert-OH is 13. The van der Waals surface area contributed by atoms with Crippen molar-refractivity contribution in [2.75, 3.05) is 65.7 Å². The fourth-order valence-corrected chi connectivity index (χ4v) is 16.3. The van der Waals surface area contributed by atoms with Crippen LogP contribution in [0, 0.1) is 0 Å². The van der Waals surface area contributed by atoms with Gasteiger partial charge in [-0.1, -0.05) is 159 Å². The standard InChI is InChI=1S/C18H36O3.C15H22O4S.C8H15BNO3P.C8H16O3.2C8H14O2.C8H16O2.C7H14O4.C7H14O3.2C2H6.CH4O/c1-2-3-4-5-6-7-8-9-10-11-12-17(20)18-14-13-16(15-19)21-18;1-2-12-8-9-15(17-12)14(16)10-11-20-19-18-13-6-4-3-5-7-13;1-2-6-3-4-8(13-6)7(11)5-12-14-10-9;1-2-6-3-4-8(11-6)7(10)5-9;2*1-2-6-3-4-7(10-6)8-5-9-8;1-3-7-4-5-8(10-7)6(2)9;8-3-5-1-2-7(11-5)6(10)4-9;1-5(9)7-3-2-6(4-8)10-7;3*1-2/h16-20H,2-15H2,1H3;3-7,12,14-16H,2,8-11H2,1H3;6-8,11H,2-5H2,1H3;6-10H,2-5H2,1H3;2*6-8H,2-5H2,1H3;6-9H,3-5H2,1-2H3;5-10H,1-4H2;5-9H,2-4H2,1H3;2*1-2H3;2H,1H3/t16-,17-,18-;;;6-,7?,8+;2*6-,7+,8+;6-,7+,8-;5-,6+,7-;5-,6-,7-;;;/m1..000111.../s1. The molecule has 11 saturated heterocycles. The van der Waals surface area contributed by atoms with Gasteiger partial charge in [-0.3, -0.25) is 0 Å². The predicted octanol–water partition coefficient (Wildman–Crippen LogP) is 13.8. The Hall–Kier alpha value is -1.51. The summed E-state index contributed by atoms with van der Waals surface area (Å²) in [5.41, 5.74) is 0. The molecule has 12 rings (SSSR count). The van der Waals surface area contributed by atoms with E-state index in [1.54, 1.807) is 13.8 Å². The first-order chi connectivity index (χ1) is 59.7. The quantitative estimate of drug-likeness (QED) is 0.00552. The van der Waals surface area contributed by atoms with Gasteiger partial charge < -0.3 is 133 Å². The van der Waals surface area contributed by atoms with Crippen molar-refractivity contribution < 1.29 is 132 Å². The predicted molar refractivity (Wildman–Crippen MR) is 485 cm³/mol. The number of ether oxygens (including phenoxy) is 11. The molecular weight excluding hydrogens is 1620 g/mol. The Balaban J connectivity index is 0.000000696. The van der Waals surface area contributed by atoms with E-state index < -0.39 is 30.5 Å². The Labute approximate surface area is 749 Å². The fraction of sp³-hybridized carbons (Fsp3) is 0.935. The normalized spacial score (nSPS) is 30.9. The monoisotopic (exact) mass is 1800 g/mol. The van der Waals surface area contributed by atoms with Crippen molar-refractivity contribution in [1.29, 1.82) is 0 Å². The zero-order valence-corrected chi connectivity index (χ0v) is 79.9. The molecule has 11 aliphatic heterocycles. The molecule has 11 aliphatic rings. The highest BCUT2D eigenvalue weighted by Gasteiger charge is 2.41. The van der Waals surface area contributed by atoms with E-state index in [0.29, 0.717) is 94.0 Å². The van der Waals surface area contributed by atoms with Crippen molar-refractivity contribution in [2.45, 2.75) is 486 Å². The lowest BCUT2D eigenvalue weighted by Crippen LogP contribution is -2.30. The molecule has 0 spiro atoms. The van der Waals surface area contributed by atoms with Crippen LogP contribution in [0.15, 0.2) is 35.0 Å². The maximum absolute atomic E-state index is 10.1. The van der Waals surface area contributed by atoms with E-state index in [4.69, 9.17) is 120 Å². The molecule has 28 nitrogen and oxygen atoms in total. The molecule has 11 fully saturated rings. The molecule has 13 N–H and O–H groups in total. The van der Waals surface area contributed by atoms with Crippen LogP contribution in [0.3, 0.4) is 0 Å². The minimum Gasteiger partial charge on any atom is -0.400 e. The highest BCUT2D eigenvalue weighted by Crippen LogP contribution is 2.34. The van der Waals surface area contributed by atoms with Crippen molar-refractivity contribution in [3.05, 3.63) is 30.3 Å². The number of unbranched alkanes of at least 4 members (excludes halogenated alkanes) is 9. The molecule has 27 atom stereocenters. The van der Waals surface area contributed by atoms with Crippen LogP contribution in [-0.2, 0) is 61.0 Å². The van der Waals surface area contributed by atoms with Crippen molar-refractivity contribution in [3.63, 3.8) is 0 Å². The van der Waals surface area contributed by atoms with Crippen LogP contribution >= 0.6 is 20.6 Å². The molecule has 0 saturated carbocycles. The molecule has 7 unspecified atom stereocenters. The number of nitrogens with zero attached hydrogens (tertiary/aromatic N) is 1. The number of para-hydroxylation sites is 1. The van der Waals surface area contributed by atoms with Crippen LogP contribution < -0.4 is 4.89 Å². The molecule has 0 amide bonds.